The van der Waals surface area contributed by atoms with Crippen LogP contribution in [-0.4, -0.2) is 33.0 Å². The van der Waals surface area contributed by atoms with E-state index in [9.17, 15) is 0 Å². The molecule has 0 saturated carbocycles. The number of fused-ring (bicyclic) bond motifs is 12. The maximum absolute atomic E-state index is 5.31. The Balaban J connectivity index is 1.29. The molecule has 4 heterocycles. The van der Waals surface area contributed by atoms with E-state index >= 15 is 0 Å². The quantitative estimate of drug-likeness (QED) is 0.129. The van der Waals surface area contributed by atoms with Crippen molar-refractivity contribution in [1.82, 2.24) is 24.9 Å². The summed E-state index contributed by atoms with van der Waals surface area (Å²) in [6.07, 6.45) is 7.91. The lowest BCUT2D eigenvalue weighted by atomic mass is 9.87. The molecule has 12 rings (SSSR count). The van der Waals surface area contributed by atoms with Crippen LogP contribution in [0.5, 0.6) is 0 Å². The minimum atomic E-state index is -3.13. The molecule has 0 saturated heterocycles. The van der Waals surface area contributed by atoms with Crippen molar-refractivity contribution in [3.63, 3.8) is 0 Å². The van der Waals surface area contributed by atoms with E-state index in [1.54, 1.807) is 0 Å². The molecule has 0 fully saturated rings. The van der Waals surface area contributed by atoms with Gasteiger partial charge in [0.15, 0.2) is 25.5 Å². The van der Waals surface area contributed by atoms with Gasteiger partial charge in [0.1, 0.15) is 0 Å². The number of pyridine rings is 2. The first kappa shape index (κ1) is 33.5. The van der Waals surface area contributed by atoms with Crippen molar-refractivity contribution in [2.75, 3.05) is 0 Å². The minimum Gasteiger partial charge on any atom is -0.265 e. The van der Waals surface area contributed by atoms with Crippen LogP contribution in [0, 0.1) is 0 Å². The monoisotopic (exact) mass is 767 g/mol. The third-order valence-corrected chi connectivity index (χ3v) is 16.9. The molecule has 8 aromatic carbocycles. The second-order valence-corrected chi connectivity index (χ2v) is 18.9. The van der Waals surface area contributed by atoms with Crippen LogP contribution in [0.3, 0.4) is 0 Å². The van der Waals surface area contributed by atoms with E-state index in [2.05, 4.69) is 152 Å². The maximum Gasteiger partial charge on any atom is 0.184 e. The lowest BCUT2D eigenvalue weighted by Gasteiger charge is -2.31. The van der Waals surface area contributed by atoms with Crippen LogP contribution < -0.4 is 20.7 Å². The molecule has 0 bridgehead atoms. The molecule has 274 valence electrons. The summed E-state index contributed by atoms with van der Waals surface area (Å²) in [6, 6.07) is 62.9. The number of nitrogens with zero attached hydrogens (tertiary/aromatic N) is 5. The van der Waals surface area contributed by atoms with E-state index in [-0.39, 0.29) is 0 Å². The van der Waals surface area contributed by atoms with Crippen LogP contribution in [0.15, 0.2) is 201 Å². The van der Waals surface area contributed by atoms with Crippen LogP contribution in [0.25, 0.3) is 88.4 Å². The van der Waals surface area contributed by atoms with Gasteiger partial charge in [-0.15, -0.1) is 0 Å². The van der Waals surface area contributed by atoms with Crippen molar-refractivity contribution in [3.8, 4) is 45.3 Å². The number of hydrogen-bond donors (Lipinski definition) is 0. The Bertz CT molecular complexity index is 3300. The number of rotatable bonds is 5. The van der Waals surface area contributed by atoms with Crippen molar-refractivity contribution in [2.45, 2.75) is 0 Å². The van der Waals surface area contributed by atoms with Crippen LogP contribution >= 0.6 is 0 Å². The highest BCUT2D eigenvalue weighted by molar-refractivity contribution is 7.22. The summed E-state index contributed by atoms with van der Waals surface area (Å²) in [5.74, 6) is 1.90. The molecule has 59 heavy (non-hydrogen) atoms. The van der Waals surface area contributed by atoms with Gasteiger partial charge in [0, 0.05) is 41.5 Å². The van der Waals surface area contributed by atoms with Gasteiger partial charge in [0.25, 0.3) is 0 Å². The summed E-state index contributed by atoms with van der Waals surface area (Å²) in [5, 5.41) is 14.8. The Morgan fingerprint density at radius 2 is 0.814 bits per heavy atom. The Labute approximate surface area is 341 Å². The summed E-state index contributed by atoms with van der Waals surface area (Å²) in [5.41, 5.74) is 5.38. The van der Waals surface area contributed by atoms with Gasteiger partial charge in [-0.2, -0.15) is 0 Å². The third kappa shape index (κ3) is 4.94. The van der Waals surface area contributed by atoms with Crippen molar-refractivity contribution in [1.29, 1.82) is 0 Å². The zero-order valence-corrected chi connectivity index (χ0v) is 32.8. The summed E-state index contributed by atoms with van der Waals surface area (Å²) in [6.45, 7) is 0. The Morgan fingerprint density at radius 3 is 1.37 bits per heavy atom. The fraction of sp³-hybridized carbons (Fsp3) is 0. The first-order chi connectivity index (χ1) is 29.3. The van der Waals surface area contributed by atoms with E-state index in [0.29, 0.717) is 17.5 Å². The predicted molar refractivity (Wildman–Crippen MR) is 244 cm³/mol. The largest absolute Gasteiger partial charge is 0.265 e. The predicted octanol–water partition coefficient (Wildman–Crippen LogP) is 9.63. The van der Waals surface area contributed by atoms with Gasteiger partial charge in [-0.05, 0) is 93.2 Å². The van der Waals surface area contributed by atoms with Gasteiger partial charge in [-0.25, -0.2) is 15.0 Å². The molecule has 0 N–H and O–H groups in total. The molecule has 0 aliphatic carbocycles. The normalized spacial score (nSPS) is 12.9. The summed E-state index contributed by atoms with van der Waals surface area (Å²) in [7, 11) is -3.13. The van der Waals surface area contributed by atoms with Crippen molar-refractivity contribution >= 4 is 71.9 Å². The SMILES string of the molecule is c1ccc(-c2nc(-c3ccccc3)nc(-c3cc4c(c5ccccc35)-c3c(ccc5c6ccccc6c6ccccc6c35)[Si]4(c3cccnc3)c3cccnc3)n2)cc1. The first-order valence-electron chi connectivity index (χ1n) is 19.9. The molecule has 0 amide bonds. The lowest BCUT2D eigenvalue weighted by Crippen LogP contribution is -2.73. The minimum absolute atomic E-state index is 0.634. The van der Waals surface area contributed by atoms with Crippen LogP contribution in [0.2, 0.25) is 0 Å². The van der Waals surface area contributed by atoms with E-state index in [1.165, 1.54) is 64.2 Å². The molecule has 0 spiro atoms. The van der Waals surface area contributed by atoms with Gasteiger partial charge in [0.05, 0.1) is 0 Å². The molecular formula is C53H33N5Si. The second kappa shape index (κ2) is 13.2. The highest BCUT2D eigenvalue weighted by Crippen LogP contribution is 2.46. The Kier molecular flexibility index (Phi) is 7.49. The van der Waals surface area contributed by atoms with E-state index in [4.69, 9.17) is 24.9 Å². The maximum atomic E-state index is 5.31. The molecular weight excluding hydrogens is 735 g/mol. The Hall–Kier alpha value is -7.67. The molecule has 6 heteroatoms. The van der Waals surface area contributed by atoms with E-state index in [1.807, 2.05) is 48.8 Å². The van der Waals surface area contributed by atoms with Crippen LogP contribution in [-0.2, 0) is 0 Å². The molecule has 5 nitrogen and oxygen atoms in total. The van der Waals surface area contributed by atoms with Crippen molar-refractivity contribution in [3.05, 3.63) is 201 Å². The highest BCUT2D eigenvalue weighted by atomic mass is 28.3. The molecule has 0 radical (unpaired) electrons. The number of benzene rings is 8. The fourth-order valence-corrected chi connectivity index (χ4v) is 14.8. The standard InChI is InChI=1S/C53H33N5Si/c1-3-15-34(16-4-1)51-56-52(35-17-5-2-6-18-35)58-53(57-51)45-31-47-49(43-26-12-10-24-41(43)45)50-46(59(47,36-19-13-29-54-32-36)37-20-14-30-55-33-37)28-27-44-40-23-8-7-21-38(40)39-22-9-11-25-42(39)48(44)50/h1-33H. The zero-order chi connectivity index (χ0) is 38.9. The summed E-state index contributed by atoms with van der Waals surface area (Å²) in [4.78, 5) is 25.3. The van der Waals surface area contributed by atoms with Gasteiger partial charge < -0.3 is 0 Å². The topological polar surface area (TPSA) is 64.5 Å². The third-order valence-electron chi connectivity index (χ3n) is 12.1. The lowest BCUT2D eigenvalue weighted by molar-refractivity contribution is 1.08. The van der Waals surface area contributed by atoms with E-state index in [0.717, 1.165) is 27.5 Å². The van der Waals surface area contributed by atoms with Gasteiger partial charge in [0.2, 0.25) is 0 Å². The molecule has 11 aromatic rings. The zero-order valence-electron chi connectivity index (χ0n) is 31.8. The average Bonchev–Trinajstić information content (AvgIpc) is 3.63. The van der Waals surface area contributed by atoms with E-state index < -0.39 is 8.07 Å². The number of aromatic nitrogens is 5. The van der Waals surface area contributed by atoms with Crippen molar-refractivity contribution in [2.24, 2.45) is 0 Å². The average molecular weight is 768 g/mol. The van der Waals surface area contributed by atoms with Crippen LogP contribution in [0.1, 0.15) is 0 Å². The van der Waals surface area contributed by atoms with Crippen LogP contribution in [0.4, 0.5) is 0 Å². The molecule has 3 aromatic heterocycles. The summed E-state index contributed by atoms with van der Waals surface area (Å²) < 4.78 is 0. The molecule has 0 atom stereocenters. The van der Waals surface area contributed by atoms with Crippen molar-refractivity contribution < 1.29 is 0 Å². The Morgan fingerprint density at radius 1 is 0.339 bits per heavy atom. The smallest absolute Gasteiger partial charge is 0.184 e. The molecule has 0 unspecified atom stereocenters. The van der Waals surface area contributed by atoms with Gasteiger partial charge >= 0.3 is 0 Å². The fourth-order valence-electron chi connectivity index (χ4n) is 9.73. The van der Waals surface area contributed by atoms with Gasteiger partial charge in [-0.3, -0.25) is 9.97 Å². The molecule has 1 aliphatic heterocycles. The number of hydrogen-bond acceptors (Lipinski definition) is 5. The van der Waals surface area contributed by atoms with Gasteiger partial charge in [-0.1, -0.05) is 158 Å². The molecule has 1 aliphatic rings. The second-order valence-electron chi connectivity index (χ2n) is 15.2. The highest BCUT2D eigenvalue weighted by Gasteiger charge is 2.51. The first-order valence-corrected chi connectivity index (χ1v) is 21.9. The summed E-state index contributed by atoms with van der Waals surface area (Å²) >= 11 is 0.